The SMILES string of the molecule is COc1cccc2c(=O)c3c(OC)cc4c(c3oc12)CCO4. The minimum absolute atomic E-state index is 0.123. The Bertz CT molecular complexity index is 955. The summed E-state index contributed by atoms with van der Waals surface area (Å²) >= 11 is 0. The molecule has 2 aromatic carbocycles. The van der Waals surface area contributed by atoms with Crippen LogP contribution in [0.4, 0.5) is 0 Å². The second-order valence-corrected chi connectivity index (χ2v) is 5.13. The van der Waals surface area contributed by atoms with E-state index in [-0.39, 0.29) is 5.43 Å². The highest BCUT2D eigenvalue weighted by molar-refractivity contribution is 5.97. The van der Waals surface area contributed by atoms with Crippen molar-refractivity contribution < 1.29 is 18.6 Å². The van der Waals surface area contributed by atoms with Gasteiger partial charge in [0.25, 0.3) is 0 Å². The molecule has 0 unspecified atom stereocenters. The highest BCUT2D eigenvalue weighted by Gasteiger charge is 2.24. The normalized spacial score (nSPS) is 13.2. The van der Waals surface area contributed by atoms with Crippen LogP contribution in [0.1, 0.15) is 5.56 Å². The monoisotopic (exact) mass is 298 g/mol. The molecule has 0 N–H and O–H groups in total. The fraction of sp³-hybridized carbons (Fsp3) is 0.235. The molecule has 2 heterocycles. The van der Waals surface area contributed by atoms with Crippen LogP contribution in [-0.4, -0.2) is 20.8 Å². The lowest BCUT2D eigenvalue weighted by Gasteiger charge is -2.11. The maximum Gasteiger partial charge on any atom is 0.204 e. The van der Waals surface area contributed by atoms with E-state index in [1.807, 2.05) is 0 Å². The van der Waals surface area contributed by atoms with Gasteiger partial charge in [-0.05, 0) is 12.1 Å². The van der Waals surface area contributed by atoms with E-state index in [0.29, 0.717) is 52.2 Å². The maximum atomic E-state index is 12.9. The summed E-state index contributed by atoms with van der Waals surface area (Å²) in [4.78, 5) is 12.9. The van der Waals surface area contributed by atoms with Gasteiger partial charge in [0.2, 0.25) is 5.43 Å². The molecule has 0 radical (unpaired) electrons. The molecule has 3 aromatic rings. The summed E-state index contributed by atoms with van der Waals surface area (Å²) in [5, 5.41) is 0.927. The molecule has 22 heavy (non-hydrogen) atoms. The number of methoxy groups -OCH3 is 2. The molecular formula is C17H14O5. The molecule has 5 heteroatoms. The number of rotatable bonds is 2. The van der Waals surface area contributed by atoms with Crippen molar-refractivity contribution in [3.8, 4) is 17.2 Å². The molecule has 0 aliphatic carbocycles. The summed E-state index contributed by atoms with van der Waals surface area (Å²) in [5.74, 6) is 1.71. The Morgan fingerprint density at radius 2 is 1.91 bits per heavy atom. The molecule has 4 rings (SSSR count). The number of benzene rings is 2. The average Bonchev–Trinajstić information content (AvgIpc) is 3.02. The van der Waals surface area contributed by atoms with Crippen molar-refractivity contribution in [2.45, 2.75) is 6.42 Å². The first-order chi connectivity index (χ1) is 10.7. The summed E-state index contributed by atoms with van der Waals surface area (Å²) in [6, 6.07) is 7.03. The van der Waals surface area contributed by atoms with Crippen molar-refractivity contribution >= 4 is 21.9 Å². The quantitative estimate of drug-likeness (QED) is 0.681. The zero-order valence-corrected chi connectivity index (χ0v) is 12.3. The summed E-state index contributed by atoms with van der Waals surface area (Å²) in [6.07, 6.45) is 0.708. The molecule has 5 nitrogen and oxygen atoms in total. The molecule has 0 bridgehead atoms. The molecular weight excluding hydrogens is 284 g/mol. The summed E-state index contributed by atoms with van der Waals surface area (Å²) < 4.78 is 22.3. The van der Waals surface area contributed by atoms with Gasteiger partial charge in [-0.2, -0.15) is 0 Å². The molecule has 0 amide bonds. The van der Waals surface area contributed by atoms with Crippen molar-refractivity contribution in [1.29, 1.82) is 0 Å². The fourth-order valence-electron chi connectivity index (χ4n) is 2.97. The lowest BCUT2D eigenvalue weighted by molar-refractivity contribution is 0.353. The standard InChI is InChI=1S/C17H14O5/c1-19-11-5-3-4-10-15(18)14-13(20-2)8-12-9(6-7-21-12)17(14)22-16(10)11/h3-5,8H,6-7H2,1-2H3. The van der Waals surface area contributed by atoms with E-state index in [1.165, 1.54) is 7.11 Å². The number of ether oxygens (including phenoxy) is 3. The average molecular weight is 298 g/mol. The van der Waals surface area contributed by atoms with Crippen molar-refractivity contribution in [3.63, 3.8) is 0 Å². The Labute approximate surface area is 126 Å². The summed E-state index contributed by atoms with van der Waals surface area (Å²) in [5.41, 5.74) is 1.75. The van der Waals surface area contributed by atoms with Crippen LogP contribution in [0.3, 0.4) is 0 Å². The van der Waals surface area contributed by atoms with E-state index >= 15 is 0 Å². The van der Waals surface area contributed by atoms with E-state index < -0.39 is 0 Å². The first-order valence-electron chi connectivity index (χ1n) is 7.00. The fourth-order valence-corrected chi connectivity index (χ4v) is 2.97. The zero-order valence-electron chi connectivity index (χ0n) is 12.3. The van der Waals surface area contributed by atoms with Crippen molar-refractivity contribution in [2.24, 2.45) is 0 Å². The highest BCUT2D eigenvalue weighted by Crippen LogP contribution is 2.39. The lowest BCUT2D eigenvalue weighted by Crippen LogP contribution is -2.06. The highest BCUT2D eigenvalue weighted by atomic mass is 16.5. The molecule has 0 saturated carbocycles. The lowest BCUT2D eigenvalue weighted by atomic mass is 10.1. The van der Waals surface area contributed by atoms with Crippen LogP contribution in [0.2, 0.25) is 0 Å². The van der Waals surface area contributed by atoms with Crippen LogP contribution >= 0.6 is 0 Å². The van der Waals surface area contributed by atoms with Crippen LogP contribution in [0, 0.1) is 0 Å². The van der Waals surface area contributed by atoms with Gasteiger partial charge in [0.15, 0.2) is 11.3 Å². The van der Waals surface area contributed by atoms with Crippen LogP contribution < -0.4 is 19.6 Å². The first kappa shape index (κ1) is 13.0. The van der Waals surface area contributed by atoms with Crippen molar-refractivity contribution in [2.75, 3.05) is 20.8 Å². The largest absolute Gasteiger partial charge is 0.496 e. The molecule has 1 aliphatic rings. The Kier molecular flexibility index (Phi) is 2.76. The summed E-state index contributed by atoms with van der Waals surface area (Å²) in [7, 11) is 3.09. The number of hydrogen-bond donors (Lipinski definition) is 0. The molecule has 1 aliphatic heterocycles. The Balaban J connectivity index is 2.26. The number of hydrogen-bond acceptors (Lipinski definition) is 5. The van der Waals surface area contributed by atoms with E-state index in [1.54, 1.807) is 31.4 Å². The zero-order chi connectivity index (χ0) is 15.3. The van der Waals surface area contributed by atoms with Gasteiger partial charge in [0.1, 0.15) is 22.5 Å². The predicted molar refractivity (Wildman–Crippen MR) is 82.3 cm³/mol. The van der Waals surface area contributed by atoms with Gasteiger partial charge in [-0.3, -0.25) is 4.79 Å². The molecule has 0 spiro atoms. The predicted octanol–water partition coefficient (Wildman–Crippen LogP) is 2.90. The molecule has 0 saturated heterocycles. The van der Waals surface area contributed by atoms with E-state index in [4.69, 9.17) is 18.6 Å². The second kappa shape index (κ2) is 4.66. The third-order valence-electron chi connectivity index (χ3n) is 4.01. The van der Waals surface area contributed by atoms with Crippen LogP contribution in [0.5, 0.6) is 17.2 Å². The Hall–Kier alpha value is -2.69. The minimum Gasteiger partial charge on any atom is -0.496 e. The second-order valence-electron chi connectivity index (χ2n) is 5.13. The van der Waals surface area contributed by atoms with Crippen LogP contribution in [0.25, 0.3) is 21.9 Å². The van der Waals surface area contributed by atoms with Crippen molar-refractivity contribution in [3.05, 3.63) is 40.1 Å². The van der Waals surface area contributed by atoms with Gasteiger partial charge in [-0.15, -0.1) is 0 Å². The molecule has 0 fully saturated rings. The van der Waals surface area contributed by atoms with Gasteiger partial charge >= 0.3 is 0 Å². The minimum atomic E-state index is -0.123. The van der Waals surface area contributed by atoms with Gasteiger partial charge in [-0.25, -0.2) is 0 Å². The third-order valence-corrected chi connectivity index (χ3v) is 4.01. The third kappa shape index (κ3) is 1.62. The topological polar surface area (TPSA) is 57.9 Å². The molecule has 112 valence electrons. The van der Waals surface area contributed by atoms with Gasteiger partial charge in [-0.1, -0.05) is 6.07 Å². The number of fused-ring (bicyclic) bond motifs is 4. The van der Waals surface area contributed by atoms with Gasteiger partial charge < -0.3 is 18.6 Å². The van der Waals surface area contributed by atoms with E-state index in [0.717, 1.165) is 5.56 Å². The number of para-hydroxylation sites is 1. The smallest absolute Gasteiger partial charge is 0.204 e. The molecule has 1 aromatic heterocycles. The Morgan fingerprint density at radius 3 is 2.68 bits per heavy atom. The first-order valence-corrected chi connectivity index (χ1v) is 7.00. The van der Waals surface area contributed by atoms with Crippen molar-refractivity contribution in [1.82, 2.24) is 0 Å². The Morgan fingerprint density at radius 1 is 1.09 bits per heavy atom. The van der Waals surface area contributed by atoms with E-state index in [2.05, 4.69) is 0 Å². The summed E-state index contributed by atoms with van der Waals surface area (Å²) in [6.45, 7) is 0.575. The van der Waals surface area contributed by atoms with Gasteiger partial charge in [0.05, 0.1) is 26.2 Å². The van der Waals surface area contributed by atoms with Gasteiger partial charge in [0, 0.05) is 18.1 Å². The van der Waals surface area contributed by atoms with Crippen LogP contribution in [-0.2, 0) is 6.42 Å². The van der Waals surface area contributed by atoms with Crippen LogP contribution in [0.15, 0.2) is 33.5 Å². The molecule has 0 atom stereocenters. The van der Waals surface area contributed by atoms with E-state index in [9.17, 15) is 4.79 Å². The maximum absolute atomic E-state index is 12.9.